The fourth-order valence-electron chi connectivity index (χ4n) is 1.36. The first kappa shape index (κ1) is 10.6. The molecule has 0 saturated carbocycles. The summed E-state index contributed by atoms with van der Waals surface area (Å²) in [4.78, 5) is 13.6. The van der Waals surface area contributed by atoms with Crippen LogP contribution < -0.4 is 5.73 Å². The molecule has 78 valence electrons. The monoisotopic (exact) mass is 196 g/mol. The Kier molecular flexibility index (Phi) is 3.11. The van der Waals surface area contributed by atoms with E-state index in [1.165, 1.54) is 4.68 Å². The summed E-state index contributed by atoms with van der Waals surface area (Å²) in [5, 5.41) is 3.93. The van der Waals surface area contributed by atoms with E-state index in [1.807, 2.05) is 13.8 Å². The van der Waals surface area contributed by atoms with Crippen molar-refractivity contribution in [3.63, 3.8) is 0 Å². The summed E-state index contributed by atoms with van der Waals surface area (Å²) in [5.41, 5.74) is 6.03. The number of hydrogen-bond donors (Lipinski definition) is 1. The van der Waals surface area contributed by atoms with E-state index in [2.05, 4.69) is 5.10 Å². The van der Waals surface area contributed by atoms with Gasteiger partial charge in [-0.15, -0.1) is 0 Å². The van der Waals surface area contributed by atoms with E-state index in [9.17, 15) is 4.79 Å². The lowest BCUT2D eigenvalue weighted by molar-refractivity contribution is 0.0762. The lowest BCUT2D eigenvalue weighted by Crippen LogP contribution is -2.31. The molecule has 0 spiro atoms. The molecule has 0 fully saturated rings. The Morgan fingerprint density at radius 1 is 1.57 bits per heavy atom. The fourth-order valence-corrected chi connectivity index (χ4v) is 1.36. The van der Waals surface area contributed by atoms with Crippen molar-refractivity contribution >= 4 is 11.7 Å². The Morgan fingerprint density at radius 3 is 2.50 bits per heavy atom. The molecule has 1 aromatic rings. The highest BCUT2D eigenvalue weighted by Gasteiger charge is 2.16. The van der Waals surface area contributed by atoms with Crippen molar-refractivity contribution in [1.82, 2.24) is 14.7 Å². The summed E-state index contributed by atoms with van der Waals surface area (Å²) in [6.07, 6.45) is 0. The number of aromatic nitrogens is 2. The van der Waals surface area contributed by atoms with Gasteiger partial charge in [-0.1, -0.05) is 0 Å². The zero-order chi connectivity index (χ0) is 10.7. The third-order valence-corrected chi connectivity index (χ3v) is 2.17. The Morgan fingerprint density at radius 2 is 2.14 bits per heavy atom. The second-order valence-corrected chi connectivity index (χ2v) is 3.06. The summed E-state index contributed by atoms with van der Waals surface area (Å²) in [6.45, 7) is 5.28. The van der Waals surface area contributed by atoms with Gasteiger partial charge in [0.2, 0.25) is 0 Å². The minimum Gasteiger partial charge on any atom is -0.382 e. The van der Waals surface area contributed by atoms with Crippen molar-refractivity contribution in [2.75, 3.05) is 18.8 Å². The van der Waals surface area contributed by atoms with E-state index in [-0.39, 0.29) is 5.91 Å². The quantitative estimate of drug-likeness (QED) is 0.765. The van der Waals surface area contributed by atoms with Gasteiger partial charge in [0.1, 0.15) is 11.5 Å². The average molecular weight is 196 g/mol. The highest BCUT2D eigenvalue weighted by Crippen LogP contribution is 2.07. The lowest BCUT2D eigenvalue weighted by Gasteiger charge is -2.17. The van der Waals surface area contributed by atoms with Crippen molar-refractivity contribution in [1.29, 1.82) is 0 Å². The summed E-state index contributed by atoms with van der Waals surface area (Å²) < 4.78 is 1.51. The maximum atomic E-state index is 11.9. The summed E-state index contributed by atoms with van der Waals surface area (Å²) >= 11 is 0. The molecule has 5 nitrogen and oxygen atoms in total. The molecule has 0 saturated heterocycles. The standard InChI is InChI=1S/C9H16N4O/c1-4-13(5-2)9(14)7-6-8(10)11-12(7)3/h6H,4-5H2,1-3H3,(H2,10,11). The third-order valence-electron chi connectivity index (χ3n) is 2.17. The minimum atomic E-state index is -0.0262. The Hall–Kier alpha value is -1.52. The number of hydrogen-bond acceptors (Lipinski definition) is 3. The van der Waals surface area contributed by atoms with Crippen LogP contribution in [0.1, 0.15) is 24.3 Å². The maximum absolute atomic E-state index is 11.9. The zero-order valence-electron chi connectivity index (χ0n) is 8.82. The van der Waals surface area contributed by atoms with Gasteiger partial charge in [0.25, 0.3) is 5.91 Å². The number of carbonyl (C=O) groups excluding carboxylic acids is 1. The first-order valence-electron chi connectivity index (χ1n) is 4.68. The molecule has 1 heterocycles. The number of nitrogens with two attached hydrogens (primary N) is 1. The van der Waals surface area contributed by atoms with E-state index in [4.69, 9.17) is 5.73 Å². The molecule has 2 N–H and O–H groups in total. The van der Waals surface area contributed by atoms with Crippen molar-refractivity contribution in [3.05, 3.63) is 11.8 Å². The van der Waals surface area contributed by atoms with Crippen LogP contribution in [0, 0.1) is 0 Å². The van der Waals surface area contributed by atoms with E-state index < -0.39 is 0 Å². The molecule has 5 heteroatoms. The summed E-state index contributed by atoms with van der Waals surface area (Å²) in [5.74, 6) is 0.352. The average Bonchev–Trinajstić information content (AvgIpc) is 2.47. The molecule has 0 atom stereocenters. The van der Waals surface area contributed by atoms with E-state index in [1.54, 1.807) is 18.0 Å². The fraction of sp³-hybridized carbons (Fsp3) is 0.556. The summed E-state index contributed by atoms with van der Waals surface area (Å²) in [6, 6.07) is 1.60. The van der Waals surface area contributed by atoms with Gasteiger partial charge in [-0.3, -0.25) is 9.48 Å². The van der Waals surface area contributed by atoms with Gasteiger partial charge in [0.05, 0.1) is 0 Å². The maximum Gasteiger partial charge on any atom is 0.272 e. The van der Waals surface area contributed by atoms with Gasteiger partial charge < -0.3 is 10.6 Å². The first-order chi connectivity index (χ1) is 6.60. The van der Waals surface area contributed by atoms with Gasteiger partial charge in [-0.05, 0) is 13.8 Å². The predicted octanol–water partition coefficient (Wildman–Crippen LogP) is 0.484. The SMILES string of the molecule is CCN(CC)C(=O)c1cc(N)nn1C. The molecule has 0 aromatic carbocycles. The van der Waals surface area contributed by atoms with Crippen LogP contribution in [0.25, 0.3) is 0 Å². The highest BCUT2D eigenvalue weighted by molar-refractivity contribution is 5.93. The van der Waals surface area contributed by atoms with Gasteiger partial charge in [-0.25, -0.2) is 0 Å². The second-order valence-electron chi connectivity index (χ2n) is 3.06. The van der Waals surface area contributed by atoms with Crippen LogP contribution in [0.15, 0.2) is 6.07 Å². The summed E-state index contributed by atoms with van der Waals surface area (Å²) in [7, 11) is 1.72. The van der Waals surface area contributed by atoms with Gasteiger partial charge >= 0.3 is 0 Å². The van der Waals surface area contributed by atoms with Crippen LogP contribution in [0.5, 0.6) is 0 Å². The van der Waals surface area contributed by atoms with Crippen LogP contribution >= 0.6 is 0 Å². The molecule has 0 unspecified atom stereocenters. The van der Waals surface area contributed by atoms with Gasteiger partial charge in [0, 0.05) is 26.2 Å². The molecule has 0 aliphatic heterocycles. The molecule has 1 rings (SSSR count). The Bertz CT molecular complexity index is 328. The van der Waals surface area contributed by atoms with Crippen molar-refractivity contribution in [2.45, 2.75) is 13.8 Å². The third kappa shape index (κ3) is 1.86. The van der Waals surface area contributed by atoms with Crippen LogP contribution in [0.2, 0.25) is 0 Å². The zero-order valence-corrected chi connectivity index (χ0v) is 8.82. The number of aryl methyl sites for hydroxylation is 1. The van der Waals surface area contributed by atoms with Crippen molar-refractivity contribution in [3.8, 4) is 0 Å². The van der Waals surface area contributed by atoms with Crippen LogP contribution in [-0.4, -0.2) is 33.7 Å². The predicted molar refractivity (Wildman–Crippen MR) is 54.9 cm³/mol. The molecule has 0 aliphatic carbocycles. The van der Waals surface area contributed by atoms with Crippen molar-refractivity contribution in [2.24, 2.45) is 7.05 Å². The normalized spacial score (nSPS) is 10.2. The number of anilines is 1. The number of nitrogens with zero attached hydrogens (tertiary/aromatic N) is 3. The molecular weight excluding hydrogens is 180 g/mol. The van der Waals surface area contributed by atoms with Crippen LogP contribution in [0.3, 0.4) is 0 Å². The number of rotatable bonds is 3. The number of carbonyl (C=O) groups is 1. The molecule has 14 heavy (non-hydrogen) atoms. The first-order valence-corrected chi connectivity index (χ1v) is 4.68. The van der Waals surface area contributed by atoms with E-state index in [0.717, 1.165) is 0 Å². The topological polar surface area (TPSA) is 64.2 Å². The van der Waals surface area contributed by atoms with Gasteiger partial charge in [-0.2, -0.15) is 5.10 Å². The van der Waals surface area contributed by atoms with Gasteiger partial charge in [0.15, 0.2) is 0 Å². The lowest BCUT2D eigenvalue weighted by atomic mass is 10.3. The van der Waals surface area contributed by atoms with E-state index in [0.29, 0.717) is 24.6 Å². The molecular formula is C9H16N4O. The van der Waals surface area contributed by atoms with Crippen molar-refractivity contribution < 1.29 is 4.79 Å². The second kappa shape index (κ2) is 4.13. The number of amides is 1. The molecule has 0 aliphatic rings. The Labute approximate surface area is 83.5 Å². The minimum absolute atomic E-state index is 0.0262. The molecule has 0 radical (unpaired) electrons. The van der Waals surface area contributed by atoms with E-state index >= 15 is 0 Å². The smallest absolute Gasteiger partial charge is 0.272 e. The highest BCUT2D eigenvalue weighted by atomic mass is 16.2. The molecule has 0 bridgehead atoms. The Balaban J connectivity index is 2.93. The number of nitrogen functional groups attached to an aromatic ring is 1. The largest absolute Gasteiger partial charge is 0.382 e. The molecule has 1 amide bonds. The van der Waals surface area contributed by atoms with Crippen LogP contribution in [-0.2, 0) is 7.05 Å². The van der Waals surface area contributed by atoms with Crippen LogP contribution in [0.4, 0.5) is 5.82 Å². The molecule has 1 aromatic heterocycles.